The van der Waals surface area contributed by atoms with Gasteiger partial charge in [-0.2, -0.15) is 0 Å². The van der Waals surface area contributed by atoms with Crippen LogP contribution < -0.4 is 10.5 Å². The molecule has 1 aromatic carbocycles. The van der Waals surface area contributed by atoms with Crippen LogP contribution in [-0.4, -0.2) is 25.8 Å². The fraction of sp³-hybridized carbons (Fsp3) is 0.300. The number of nitro groups is 1. The second-order valence-electron chi connectivity index (χ2n) is 3.86. The van der Waals surface area contributed by atoms with Crippen LogP contribution in [0.1, 0.15) is 23.7 Å². The summed E-state index contributed by atoms with van der Waals surface area (Å²) in [6, 6.07) is 1.79. The predicted molar refractivity (Wildman–Crippen MR) is 74.8 cm³/mol. The maximum atomic E-state index is 11.9. The SMILES string of the molecule is CCCNC(=O)c1cc([N+](=O)[O-])cc(S(N)(=O)=O)c1Br. The lowest BCUT2D eigenvalue weighted by Gasteiger charge is -2.09. The van der Waals surface area contributed by atoms with Crippen LogP contribution in [-0.2, 0) is 10.0 Å². The van der Waals surface area contributed by atoms with Crippen molar-refractivity contribution in [3.63, 3.8) is 0 Å². The first-order valence-corrected chi connectivity index (χ1v) is 7.81. The standard InChI is InChI=1S/C10H12BrN3O5S/c1-2-3-13-10(15)7-4-6(14(16)17)5-8(9(7)11)20(12,18)19/h4-5H,2-3H2,1H3,(H,13,15)(H2,12,18,19). The number of nitro benzene ring substituents is 1. The third-order valence-corrected chi connectivity index (χ3v) is 4.37. The van der Waals surface area contributed by atoms with E-state index < -0.39 is 31.4 Å². The van der Waals surface area contributed by atoms with Crippen molar-refractivity contribution in [1.29, 1.82) is 0 Å². The van der Waals surface area contributed by atoms with Gasteiger partial charge in [0.15, 0.2) is 0 Å². The first-order chi connectivity index (χ1) is 9.18. The van der Waals surface area contributed by atoms with Gasteiger partial charge in [-0.3, -0.25) is 14.9 Å². The number of carbonyl (C=O) groups excluding carboxylic acids is 1. The molecule has 0 aliphatic carbocycles. The summed E-state index contributed by atoms with van der Waals surface area (Å²) in [7, 11) is -4.20. The van der Waals surface area contributed by atoms with E-state index in [0.29, 0.717) is 13.0 Å². The zero-order valence-corrected chi connectivity index (χ0v) is 12.8. The molecule has 0 radical (unpaired) electrons. The minimum absolute atomic E-state index is 0.0980. The third kappa shape index (κ3) is 3.74. The molecule has 0 saturated carbocycles. The average molecular weight is 366 g/mol. The number of benzene rings is 1. The van der Waals surface area contributed by atoms with Gasteiger partial charge in [-0.1, -0.05) is 6.92 Å². The van der Waals surface area contributed by atoms with Crippen LogP contribution >= 0.6 is 15.9 Å². The minimum atomic E-state index is -4.20. The Morgan fingerprint density at radius 1 is 1.50 bits per heavy atom. The van der Waals surface area contributed by atoms with E-state index in [4.69, 9.17) is 5.14 Å². The highest BCUT2D eigenvalue weighted by Crippen LogP contribution is 2.30. The molecule has 1 aromatic rings. The Balaban J connectivity index is 3.47. The molecule has 0 bridgehead atoms. The number of hydrogen-bond donors (Lipinski definition) is 2. The summed E-state index contributed by atoms with van der Waals surface area (Å²) >= 11 is 2.95. The molecular weight excluding hydrogens is 354 g/mol. The summed E-state index contributed by atoms with van der Waals surface area (Å²) in [5.74, 6) is -0.618. The van der Waals surface area contributed by atoms with Crippen molar-refractivity contribution in [2.24, 2.45) is 5.14 Å². The molecule has 0 aliphatic rings. The van der Waals surface area contributed by atoms with Crippen LogP contribution in [0.15, 0.2) is 21.5 Å². The average Bonchev–Trinajstić information content (AvgIpc) is 2.34. The number of non-ortho nitro benzene ring substituents is 1. The number of sulfonamides is 1. The van der Waals surface area contributed by atoms with Crippen LogP contribution in [0.4, 0.5) is 5.69 Å². The van der Waals surface area contributed by atoms with Gasteiger partial charge >= 0.3 is 0 Å². The quantitative estimate of drug-likeness (QED) is 0.596. The van der Waals surface area contributed by atoms with Gasteiger partial charge in [0.25, 0.3) is 11.6 Å². The van der Waals surface area contributed by atoms with Gasteiger partial charge in [0, 0.05) is 18.7 Å². The lowest BCUT2D eigenvalue weighted by atomic mass is 10.2. The van der Waals surface area contributed by atoms with Crippen molar-refractivity contribution in [2.45, 2.75) is 18.2 Å². The third-order valence-electron chi connectivity index (χ3n) is 2.32. The van der Waals surface area contributed by atoms with Crippen LogP contribution in [0.5, 0.6) is 0 Å². The van der Waals surface area contributed by atoms with Crippen molar-refractivity contribution < 1.29 is 18.1 Å². The Morgan fingerprint density at radius 2 is 2.10 bits per heavy atom. The number of amides is 1. The van der Waals surface area contributed by atoms with Crippen LogP contribution in [0.2, 0.25) is 0 Å². The second kappa shape index (κ2) is 6.29. The van der Waals surface area contributed by atoms with E-state index in [-0.39, 0.29) is 10.0 Å². The van der Waals surface area contributed by atoms with E-state index in [0.717, 1.165) is 12.1 Å². The van der Waals surface area contributed by atoms with E-state index in [9.17, 15) is 23.3 Å². The number of carbonyl (C=O) groups is 1. The largest absolute Gasteiger partial charge is 0.352 e. The Labute approximate surface area is 123 Å². The highest BCUT2D eigenvalue weighted by Gasteiger charge is 2.24. The van der Waals surface area contributed by atoms with Gasteiger partial charge in [0.2, 0.25) is 10.0 Å². The summed E-state index contributed by atoms with van der Waals surface area (Å²) in [6.45, 7) is 2.19. The number of rotatable bonds is 5. The summed E-state index contributed by atoms with van der Waals surface area (Å²) in [6.07, 6.45) is 0.667. The van der Waals surface area contributed by atoms with Crippen LogP contribution in [0, 0.1) is 10.1 Å². The molecule has 0 spiro atoms. The van der Waals surface area contributed by atoms with Gasteiger partial charge < -0.3 is 5.32 Å². The fourth-order valence-electron chi connectivity index (χ4n) is 1.39. The molecule has 8 nitrogen and oxygen atoms in total. The topological polar surface area (TPSA) is 132 Å². The van der Waals surface area contributed by atoms with E-state index in [1.165, 1.54) is 0 Å². The zero-order chi connectivity index (χ0) is 15.5. The molecule has 20 heavy (non-hydrogen) atoms. The molecule has 1 amide bonds. The van der Waals surface area contributed by atoms with Crippen molar-refractivity contribution in [2.75, 3.05) is 6.54 Å². The summed E-state index contributed by atoms with van der Waals surface area (Å²) in [5.41, 5.74) is -0.685. The van der Waals surface area contributed by atoms with Crippen LogP contribution in [0.25, 0.3) is 0 Å². The van der Waals surface area contributed by atoms with Crippen molar-refractivity contribution in [3.05, 3.63) is 32.3 Å². The molecule has 0 aliphatic heterocycles. The zero-order valence-electron chi connectivity index (χ0n) is 10.4. The molecule has 1 rings (SSSR count). The van der Waals surface area contributed by atoms with Gasteiger partial charge in [-0.15, -0.1) is 0 Å². The normalized spacial score (nSPS) is 11.2. The Bertz CT molecular complexity index is 659. The molecule has 10 heteroatoms. The lowest BCUT2D eigenvalue weighted by Crippen LogP contribution is -2.25. The fourth-order valence-corrected chi connectivity index (χ4v) is 3.13. The second-order valence-corrected chi connectivity index (χ2v) is 6.19. The highest BCUT2D eigenvalue weighted by atomic mass is 79.9. The molecular formula is C10H12BrN3O5S. The van der Waals surface area contributed by atoms with Gasteiger partial charge in [0.1, 0.15) is 4.90 Å². The summed E-state index contributed by atoms with van der Waals surface area (Å²) in [5, 5.41) is 18.3. The van der Waals surface area contributed by atoms with Gasteiger partial charge in [-0.25, -0.2) is 13.6 Å². The Morgan fingerprint density at radius 3 is 2.55 bits per heavy atom. The van der Waals surface area contributed by atoms with Crippen molar-refractivity contribution in [1.82, 2.24) is 5.32 Å². The van der Waals surface area contributed by atoms with Gasteiger partial charge in [0.05, 0.1) is 15.0 Å². The molecule has 0 aromatic heterocycles. The molecule has 0 fully saturated rings. The van der Waals surface area contributed by atoms with Crippen molar-refractivity contribution >= 4 is 37.5 Å². The first-order valence-electron chi connectivity index (χ1n) is 5.47. The maximum Gasteiger partial charge on any atom is 0.271 e. The number of halogens is 1. The number of nitrogens with two attached hydrogens (primary N) is 1. The minimum Gasteiger partial charge on any atom is -0.352 e. The van der Waals surface area contributed by atoms with E-state index >= 15 is 0 Å². The molecule has 0 heterocycles. The number of nitrogens with one attached hydrogen (secondary N) is 1. The molecule has 0 unspecified atom stereocenters. The summed E-state index contributed by atoms with van der Waals surface area (Å²) in [4.78, 5) is 21.4. The molecule has 110 valence electrons. The lowest BCUT2D eigenvalue weighted by molar-refractivity contribution is -0.385. The highest BCUT2D eigenvalue weighted by molar-refractivity contribution is 9.10. The molecule has 0 saturated heterocycles. The number of hydrogen-bond acceptors (Lipinski definition) is 5. The Kier molecular flexibility index (Phi) is 5.20. The number of nitrogens with zero attached hydrogens (tertiary/aromatic N) is 1. The summed E-state index contributed by atoms with van der Waals surface area (Å²) < 4.78 is 22.7. The van der Waals surface area contributed by atoms with Crippen LogP contribution in [0.3, 0.4) is 0 Å². The van der Waals surface area contributed by atoms with E-state index in [2.05, 4.69) is 21.2 Å². The monoisotopic (exact) mass is 365 g/mol. The maximum absolute atomic E-state index is 11.9. The van der Waals surface area contributed by atoms with Crippen molar-refractivity contribution in [3.8, 4) is 0 Å². The predicted octanol–water partition coefficient (Wildman–Crippen LogP) is 1.14. The first kappa shape index (κ1) is 16.5. The molecule has 0 atom stereocenters. The van der Waals surface area contributed by atoms with E-state index in [1.807, 2.05) is 6.92 Å². The molecule has 3 N–H and O–H groups in total. The smallest absolute Gasteiger partial charge is 0.271 e. The van der Waals surface area contributed by atoms with Gasteiger partial charge in [-0.05, 0) is 22.4 Å². The Hall–Kier alpha value is -1.52. The number of primary sulfonamides is 1. The van der Waals surface area contributed by atoms with E-state index in [1.54, 1.807) is 0 Å².